The average molecular weight is 875 g/mol. The number of rotatable bonds is 10. The maximum absolute atomic E-state index is 2.55. The van der Waals surface area contributed by atoms with Crippen molar-refractivity contribution in [1.29, 1.82) is 0 Å². The zero-order valence-electron chi connectivity index (χ0n) is 39.0. The molecule has 1 aliphatic carbocycles. The highest BCUT2D eigenvalue weighted by molar-refractivity contribution is 6.89. The van der Waals surface area contributed by atoms with Gasteiger partial charge in [0.25, 0.3) is 0 Å². The van der Waals surface area contributed by atoms with E-state index in [1.54, 1.807) is 0 Å². The van der Waals surface area contributed by atoms with Gasteiger partial charge in [0.15, 0.2) is 0 Å². The van der Waals surface area contributed by atoms with Crippen LogP contribution in [-0.2, 0) is 5.41 Å². The molecule has 0 heterocycles. The zero-order valence-corrected chi connectivity index (χ0v) is 41.0. The Morgan fingerprint density at radius 3 is 1.22 bits per heavy atom. The first-order chi connectivity index (χ1) is 31.3. The van der Waals surface area contributed by atoms with Gasteiger partial charge < -0.3 is 9.80 Å². The molecular formula is C61H58N2Si2. The molecule has 320 valence electrons. The van der Waals surface area contributed by atoms with Crippen molar-refractivity contribution in [2.24, 2.45) is 0 Å². The third-order valence-corrected chi connectivity index (χ3v) is 17.7. The van der Waals surface area contributed by atoms with E-state index in [1.807, 2.05) is 0 Å². The van der Waals surface area contributed by atoms with Crippen LogP contribution in [0.25, 0.3) is 21.9 Å². The Kier molecular flexibility index (Phi) is 10.6. The van der Waals surface area contributed by atoms with Gasteiger partial charge in [-0.05, 0) is 119 Å². The van der Waals surface area contributed by atoms with E-state index in [1.165, 1.54) is 71.3 Å². The summed E-state index contributed by atoms with van der Waals surface area (Å²) in [6.07, 6.45) is 0. The lowest BCUT2D eigenvalue weighted by molar-refractivity contribution is 0.769. The van der Waals surface area contributed by atoms with E-state index < -0.39 is 21.6 Å². The molecule has 2 nitrogen and oxygen atoms in total. The van der Waals surface area contributed by atoms with Crippen molar-refractivity contribution < 1.29 is 0 Å². The molecule has 0 aromatic heterocycles. The lowest BCUT2D eigenvalue weighted by Gasteiger charge is -2.36. The summed E-state index contributed by atoms with van der Waals surface area (Å²) in [6, 6.07) is 78.2. The van der Waals surface area contributed by atoms with Gasteiger partial charge in [-0.1, -0.05) is 200 Å². The minimum atomic E-state index is -1.55. The van der Waals surface area contributed by atoms with E-state index in [-0.39, 0.29) is 0 Å². The Morgan fingerprint density at radius 2 is 0.754 bits per heavy atom. The second-order valence-electron chi connectivity index (χ2n) is 20.0. The number of anilines is 6. The van der Waals surface area contributed by atoms with Crippen molar-refractivity contribution >= 4 is 71.4 Å². The van der Waals surface area contributed by atoms with Crippen LogP contribution in [-0.4, -0.2) is 16.1 Å². The highest BCUT2D eigenvalue weighted by atomic mass is 28.3. The molecule has 9 aromatic rings. The van der Waals surface area contributed by atoms with E-state index in [0.29, 0.717) is 0 Å². The first-order valence-corrected chi connectivity index (χ1v) is 30.1. The molecule has 10 rings (SSSR count). The normalized spacial score (nSPS) is 13.0. The molecule has 0 radical (unpaired) electrons. The second-order valence-corrected chi connectivity index (χ2v) is 30.2. The average Bonchev–Trinajstić information content (AvgIpc) is 3.61. The van der Waals surface area contributed by atoms with E-state index in [9.17, 15) is 0 Å². The Bertz CT molecular complexity index is 3000. The molecule has 1 aliphatic rings. The quantitative estimate of drug-likeness (QED) is 0.126. The minimum Gasteiger partial charge on any atom is -0.310 e. The van der Waals surface area contributed by atoms with E-state index in [2.05, 4.69) is 269 Å². The molecule has 0 saturated heterocycles. The molecular weight excluding hydrogens is 817 g/mol. The Hall–Kier alpha value is -6.73. The molecule has 4 heteroatoms. The van der Waals surface area contributed by atoms with E-state index in [4.69, 9.17) is 0 Å². The van der Waals surface area contributed by atoms with Gasteiger partial charge >= 0.3 is 0 Å². The second kappa shape index (κ2) is 16.4. The number of nitrogens with zero attached hydrogens (tertiary/aromatic N) is 2. The summed E-state index contributed by atoms with van der Waals surface area (Å²) >= 11 is 0. The number of hydrogen-bond acceptors (Lipinski definition) is 2. The molecule has 0 bridgehead atoms. The smallest absolute Gasteiger partial charge is 0.0775 e. The van der Waals surface area contributed by atoms with Crippen LogP contribution in [0.3, 0.4) is 0 Å². The molecule has 0 atom stereocenters. The monoisotopic (exact) mass is 874 g/mol. The minimum absolute atomic E-state index is 0.650. The van der Waals surface area contributed by atoms with Crippen molar-refractivity contribution in [1.82, 2.24) is 0 Å². The maximum Gasteiger partial charge on any atom is 0.0775 e. The van der Waals surface area contributed by atoms with Crippen LogP contribution in [0.5, 0.6) is 0 Å². The Morgan fingerprint density at radius 1 is 0.354 bits per heavy atom. The van der Waals surface area contributed by atoms with Gasteiger partial charge in [-0.25, -0.2) is 0 Å². The molecule has 0 aliphatic heterocycles. The number of fused-ring (bicyclic) bond motifs is 5. The Balaban J connectivity index is 1.30. The van der Waals surface area contributed by atoms with Crippen LogP contribution in [0.2, 0.25) is 39.3 Å². The summed E-state index contributed by atoms with van der Waals surface area (Å²) in [5.74, 6) is 0. The first kappa shape index (κ1) is 42.2. The SMILES string of the molecule is Cc1ccc(N(c2ccc(C)cc2)c2ccc3c(c2)C(c2ccccc2)(c2ccccc2)c2cc(N(c4ccc([Si](C)(C)C)cc4)c4ccc([Si](C)(C)C)cc4)c4ccccc4c2-3)cc1. The molecule has 0 unspecified atom stereocenters. The summed E-state index contributed by atoms with van der Waals surface area (Å²) in [5, 5.41) is 5.39. The molecule has 0 spiro atoms. The summed E-state index contributed by atoms with van der Waals surface area (Å²) in [5.41, 5.74) is 16.3. The standard InChI is InChI=1S/C61H58N2Si2/c1-43-23-27-47(28-24-43)62(48-29-25-44(2)26-30-48)51-35-40-56-57(41-51)61(45-17-11-9-12-18-45,46-19-13-10-14-20-46)58-42-59(54-21-15-16-22-55(54)60(56)58)63(49-31-36-52(37-32-49)64(3,4)5)50-33-38-53(39-34-50)65(6,7)8/h9-42H,1-8H3. The van der Waals surface area contributed by atoms with Gasteiger partial charge in [0.2, 0.25) is 0 Å². The van der Waals surface area contributed by atoms with Gasteiger partial charge in [0, 0.05) is 33.8 Å². The lowest BCUT2D eigenvalue weighted by Crippen LogP contribution is -2.37. The van der Waals surface area contributed by atoms with Gasteiger partial charge in [-0.2, -0.15) is 0 Å². The maximum atomic E-state index is 2.55. The van der Waals surface area contributed by atoms with Crippen LogP contribution < -0.4 is 20.2 Å². The van der Waals surface area contributed by atoms with E-state index in [0.717, 1.165) is 28.4 Å². The molecule has 0 N–H and O–H groups in total. The molecule has 65 heavy (non-hydrogen) atoms. The van der Waals surface area contributed by atoms with Crippen LogP contribution in [0.4, 0.5) is 34.1 Å². The van der Waals surface area contributed by atoms with E-state index >= 15 is 0 Å². The molecule has 9 aromatic carbocycles. The molecule has 0 fully saturated rings. The van der Waals surface area contributed by atoms with Gasteiger partial charge in [0.1, 0.15) is 0 Å². The summed E-state index contributed by atoms with van der Waals surface area (Å²) < 4.78 is 0. The summed E-state index contributed by atoms with van der Waals surface area (Å²) in [6.45, 7) is 18.9. The highest BCUT2D eigenvalue weighted by Crippen LogP contribution is 2.60. The van der Waals surface area contributed by atoms with Crippen LogP contribution >= 0.6 is 0 Å². The number of hydrogen-bond donors (Lipinski definition) is 0. The molecule has 0 amide bonds. The fourth-order valence-corrected chi connectivity index (χ4v) is 12.5. The van der Waals surface area contributed by atoms with Crippen LogP contribution in [0.15, 0.2) is 206 Å². The first-order valence-electron chi connectivity index (χ1n) is 23.1. The fourth-order valence-electron chi connectivity index (χ4n) is 10.1. The van der Waals surface area contributed by atoms with Crippen molar-refractivity contribution in [3.8, 4) is 11.1 Å². The largest absolute Gasteiger partial charge is 0.310 e. The van der Waals surface area contributed by atoms with Crippen molar-refractivity contribution in [2.45, 2.75) is 58.5 Å². The number of aryl methyl sites for hydroxylation is 2. The topological polar surface area (TPSA) is 6.48 Å². The van der Waals surface area contributed by atoms with Crippen LogP contribution in [0, 0.1) is 13.8 Å². The predicted octanol–water partition coefficient (Wildman–Crippen LogP) is 15.8. The number of benzene rings is 9. The molecule has 0 saturated carbocycles. The van der Waals surface area contributed by atoms with Gasteiger partial charge in [0.05, 0.1) is 27.3 Å². The lowest BCUT2D eigenvalue weighted by atomic mass is 9.67. The predicted molar refractivity (Wildman–Crippen MR) is 286 cm³/mol. The van der Waals surface area contributed by atoms with Gasteiger partial charge in [-0.3, -0.25) is 0 Å². The van der Waals surface area contributed by atoms with Crippen molar-refractivity contribution in [3.05, 3.63) is 240 Å². The van der Waals surface area contributed by atoms with Gasteiger partial charge in [-0.15, -0.1) is 0 Å². The third kappa shape index (κ3) is 7.45. The van der Waals surface area contributed by atoms with Crippen molar-refractivity contribution in [2.75, 3.05) is 9.80 Å². The zero-order chi connectivity index (χ0) is 45.1. The highest BCUT2D eigenvalue weighted by Gasteiger charge is 2.48. The third-order valence-electron chi connectivity index (χ3n) is 13.6. The van der Waals surface area contributed by atoms with Crippen molar-refractivity contribution in [3.63, 3.8) is 0 Å². The fraction of sp³-hybridized carbons (Fsp3) is 0.148. The summed E-state index contributed by atoms with van der Waals surface area (Å²) in [7, 11) is -3.09. The van der Waals surface area contributed by atoms with Crippen LogP contribution in [0.1, 0.15) is 33.4 Å². The summed E-state index contributed by atoms with van der Waals surface area (Å²) in [4.78, 5) is 4.94. The Labute approximate surface area is 388 Å².